The van der Waals surface area contributed by atoms with Crippen molar-refractivity contribution in [3.05, 3.63) is 75.0 Å². The lowest BCUT2D eigenvalue weighted by atomic mass is 9.71. The molecule has 114 valence electrons. The minimum Gasteiger partial charge on any atom is -0.357 e. The molecule has 0 unspecified atom stereocenters. The molecule has 0 atom stereocenters. The highest BCUT2D eigenvalue weighted by Crippen LogP contribution is 2.43. The van der Waals surface area contributed by atoms with Gasteiger partial charge in [0.25, 0.3) is 5.69 Å². The molecule has 0 fully saturated rings. The topological polar surface area (TPSA) is 76.0 Å². The number of ketones is 1. The van der Waals surface area contributed by atoms with Crippen LogP contribution in [0.25, 0.3) is 10.9 Å². The molecule has 0 saturated carbocycles. The zero-order valence-electron chi connectivity index (χ0n) is 12.7. The van der Waals surface area contributed by atoms with Crippen molar-refractivity contribution in [2.75, 3.05) is 0 Å². The molecule has 5 heteroatoms. The fraction of sp³-hybridized carbons (Fsp3) is 0.167. The third-order valence-corrected chi connectivity index (χ3v) is 4.69. The Bertz CT molecular complexity index is 999. The molecule has 5 nitrogen and oxygen atoms in total. The second kappa shape index (κ2) is 4.29. The Hall–Kier alpha value is -2.95. The first-order valence-electron chi connectivity index (χ1n) is 7.36. The molecule has 0 bridgehead atoms. The SMILES string of the molecule is CC1(C)c2ccccc2C(=O)c2c1[nH]c1ccc([N+](=O)[O-])cc21. The summed E-state index contributed by atoms with van der Waals surface area (Å²) < 4.78 is 0. The number of hydrogen-bond donors (Lipinski definition) is 1. The van der Waals surface area contributed by atoms with Gasteiger partial charge in [0, 0.05) is 39.7 Å². The summed E-state index contributed by atoms with van der Waals surface area (Å²) in [4.78, 5) is 26.9. The van der Waals surface area contributed by atoms with Crippen molar-refractivity contribution in [3.63, 3.8) is 0 Å². The number of aromatic amines is 1. The minimum absolute atomic E-state index is 0.0104. The van der Waals surface area contributed by atoms with Crippen molar-refractivity contribution in [2.45, 2.75) is 19.3 Å². The first-order valence-corrected chi connectivity index (χ1v) is 7.36. The minimum atomic E-state index is -0.439. The van der Waals surface area contributed by atoms with Crippen LogP contribution in [0.15, 0.2) is 42.5 Å². The summed E-state index contributed by atoms with van der Waals surface area (Å²) in [5.74, 6) is -0.0818. The normalized spacial score (nSPS) is 15.3. The fourth-order valence-electron chi connectivity index (χ4n) is 3.49. The van der Waals surface area contributed by atoms with Gasteiger partial charge in [-0.2, -0.15) is 0 Å². The number of rotatable bonds is 1. The Morgan fingerprint density at radius 3 is 2.61 bits per heavy atom. The second-order valence-corrected chi connectivity index (χ2v) is 6.36. The first kappa shape index (κ1) is 13.7. The number of hydrogen-bond acceptors (Lipinski definition) is 3. The number of fused-ring (bicyclic) bond motifs is 4. The predicted octanol–water partition coefficient (Wildman–Crippen LogP) is 3.95. The number of H-pyrrole nitrogens is 1. The van der Waals surface area contributed by atoms with Crippen LogP contribution < -0.4 is 0 Å². The van der Waals surface area contributed by atoms with E-state index in [-0.39, 0.29) is 16.9 Å². The van der Waals surface area contributed by atoms with E-state index in [1.807, 2.05) is 24.3 Å². The van der Waals surface area contributed by atoms with Crippen LogP contribution in [0.4, 0.5) is 5.69 Å². The van der Waals surface area contributed by atoms with E-state index in [9.17, 15) is 14.9 Å². The molecule has 1 aromatic heterocycles. The molecular formula is C18H14N2O3. The maximum Gasteiger partial charge on any atom is 0.270 e. The van der Waals surface area contributed by atoms with E-state index < -0.39 is 4.92 Å². The lowest BCUT2D eigenvalue weighted by molar-refractivity contribution is -0.384. The third-order valence-electron chi connectivity index (χ3n) is 4.69. The van der Waals surface area contributed by atoms with E-state index >= 15 is 0 Å². The molecule has 0 aliphatic heterocycles. The summed E-state index contributed by atoms with van der Waals surface area (Å²) in [6.45, 7) is 4.11. The predicted molar refractivity (Wildman–Crippen MR) is 87.0 cm³/mol. The fourth-order valence-corrected chi connectivity index (χ4v) is 3.49. The van der Waals surface area contributed by atoms with Crippen molar-refractivity contribution < 1.29 is 9.72 Å². The van der Waals surface area contributed by atoms with E-state index in [4.69, 9.17) is 0 Å². The first-order chi connectivity index (χ1) is 10.9. The van der Waals surface area contributed by atoms with E-state index in [2.05, 4.69) is 18.8 Å². The monoisotopic (exact) mass is 306 g/mol. The quantitative estimate of drug-likeness (QED) is 0.546. The van der Waals surface area contributed by atoms with Crippen LogP contribution in [-0.2, 0) is 5.41 Å². The smallest absolute Gasteiger partial charge is 0.270 e. The molecule has 1 aliphatic rings. The molecule has 1 aliphatic carbocycles. The summed E-state index contributed by atoms with van der Waals surface area (Å²) in [7, 11) is 0. The van der Waals surface area contributed by atoms with Gasteiger partial charge in [0.05, 0.1) is 10.5 Å². The van der Waals surface area contributed by atoms with Gasteiger partial charge in [0.1, 0.15) is 0 Å². The number of nitrogens with zero attached hydrogens (tertiary/aromatic N) is 1. The van der Waals surface area contributed by atoms with Gasteiger partial charge in [0.2, 0.25) is 0 Å². The Balaban J connectivity index is 2.10. The lowest BCUT2D eigenvalue weighted by Crippen LogP contribution is -2.30. The van der Waals surface area contributed by atoms with Gasteiger partial charge < -0.3 is 4.98 Å². The standard InChI is InChI=1S/C18H14N2O3/c1-18(2)13-6-4-3-5-11(13)16(21)15-12-9-10(20(22)23)7-8-14(12)19-17(15)18/h3-9,19H,1-2H3. The number of nitro groups is 1. The van der Waals surface area contributed by atoms with Crippen molar-refractivity contribution in [2.24, 2.45) is 0 Å². The van der Waals surface area contributed by atoms with Crippen LogP contribution in [0.5, 0.6) is 0 Å². The maximum absolute atomic E-state index is 13.0. The van der Waals surface area contributed by atoms with Crippen molar-refractivity contribution in [1.29, 1.82) is 0 Å². The Morgan fingerprint density at radius 2 is 1.87 bits per heavy atom. The Kier molecular flexibility index (Phi) is 2.55. The number of nitrogens with one attached hydrogen (secondary N) is 1. The van der Waals surface area contributed by atoms with Crippen molar-refractivity contribution in [3.8, 4) is 0 Å². The zero-order valence-corrected chi connectivity index (χ0v) is 12.7. The van der Waals surface area contributed by atoms with Crippen molar-refractivity contribution >= 4 is 22.4 Å². The van der Waals surface area contributed by atoms with Gasteiger partial charge >= 0.3 is 0 Å². The summed E-state index contributed by atoms with van der Waals surface area (Å²) >= 11 is 0. The number of nitro benzene ring substituents is 1. The van der Waals surface area contributed by atoms with Gasteiger partial charge in [-0.25, -0.2) is 0 Å². The molecule has 0 spiro atoms. The molecule has 23 heavy (non-hydrogen) atoms. The van der Waals surface area contributed by atoms with Crippen LogP contribution in [0, 0.1) is 10.1 Å². The number of carbonyl (C=O) groups excluding carboxylic acids is 1. The number of benzene rings is 2. The van der Waals surface area contributed by atoms with E-state index in [0.717, 1.165) is 16.8 Å². The maximum atomic E-state index is 13.0. The average molecular weight is 306 g/mol. The molecule has 1 N–H and O–H groups in total. The largest absolute Gasteiger partial charge is 0.357 e. The Labute approximate surface area is 132 Å². The van der Waals surface area contributed by atoms with Gasteiger partial charge in [-0.05, 0) is 11.6 Å². The van der Waals surface area contributed by atoms with Crippen LogP contribution in [-0.4, -0.2) is 15.7 Å². The molecular weight excluding hydrogens is 292 g/mol. The number of non-ortho nitro benzene ring substituents is 1. The highest BCUT2D eigenvalue weighted by atomic mass is 16.6. The van der Waals surface area contributed by atoms with Gasteiger partial charge in [-0.1, -0.05) is 38.1 Å². The van der Waals surface area contributed by atoms with E-state index in [1.165, 1.54) is 12.1 Å². The second-order valence-electron chi connectivity index (χ2n) is 6.36. The molecule has 4 rings (SSSR count). The van der Waals surface area contributed by atoms with Crippen molar-refractivity contribution in [1.82, 2.24) is 4.98 Å². The number of aromatic nitrogens is 1. The van der Waals surface area contributed by atoms with Crippen LogP contribution in [0.3, 0.4) is 0 Å². The van der Waals surface area contributed by atoms with Gasteiger partial charge in [-0.15, -0.1) is 0 Å². The summed E-state index contributed by atoms with van der Waals surface area (Å²) in [6.07, 6.45) is 0. The molecule has 0 radical (unpaired) electrons. The molecule has 1 heterocycles. The molecule has 0 amide bonds. The third kappa shape index (κ3) is 1.70. The average Bonchev–Trinajstić information content (AvgIpc) is 2.93. The van der Waals surface area contributed by atoms with E-state index in [0.29, 0.717) is 16.5 Å². The number of carbonyl (C=O) groups is 1. The zero-order chi connectivity index (χ0) is 16.4. The van der Waals surface area contributed by atoms with Crippen LogP contribution in [0.1, 0.15) is 41.0 Å². The lowest BCUT2D eigenvalue weighted by Gasteiger charge is -2.31. The summed E-state index contributed by atoms with van der Waals surface area (Å²) in [5, 5.41) is 11.7. The van der Waals surface area contributed by atoms with Crippen LogP contribution in [0.2, 0.25) is 0 Å². The molecule has 3 aromatic rings. The highest BCUT2D eigenvalue weighted by Gasteiger charge is 2.39. The van der Waals surface area contributed by atoms with Crippen LogP contribution >= 0.6 is 0 Å². The molecule has 2 aromatic carbocycles. The highest BCUT2D eigenvalue weighted by molar-refractivity contribution is 6.20. The van der Waals surface area contributed by atoms with E-state index in [1.54, 1.807) is 6.07 Å². The summed E-state index contributed by atoms with van der Waals surface area (Å²) in [5.41, 5.74) is 3.37. The summed E-state index contributed by atoms with van der Waals surface area (Å²) in [6, 6.07) is 12.1. The Morgan fingerprint density at radius 1 is 1.13 bits per heavy atom. The molecule has 0 saturated heterocycles. The van der Waals surface area contributed by atoms with Gasteiger partial charge in [0.15, 0.2) is 5.78 Å². The van der Waals surface area contributed by atoms with Gasteiger partial charge in [-0.3, -0.25) is 14.9 Å².